The molecule has 2 rings (SSSR count). The van der Waals surface area contributed by atoms with Crippen LogP contribution < -0.4 is 5.32 Å². The van der Waals surface area contributed by atoms with E-state index in [2.05, 4.69) is 19.2 Å². The quantitative estimate of drug-likeness (QED) is 0.713. The molecule has 1 saturated carbocycles. The lowest BCUT2D eigenvalue weighted by Crippen LogP contribution is -2.63. The first-order valence-corrected chi connectivity index (χ1v) is 7.69. The molecule has 0 spiro atoms. The Morgan fingerprint density at radius 2 is 2.00 bits per heavy atom. The zero-order valence-corrected chi connectivity index (χ0v) is 12.7. The Labute approximate surface area is 121 Å². The van der Waals surface area contributed by atoms with Crippen LogP contribution >= 0.6 is 0 Å². The molecule has 0 aromatic rings. The Kier molecular flexibility index (Phi) is 5.02. The molecule has 0 aromatic heterocycles. The van der Waals surface area contributed by atoms with Gasteiger partial charge in [0, 0.05) is 13.2 Å². The number of nitrogens with zero attached hydrogens (tertiary/aromatic N) is 1. The molecule has 1 N–H and O–H groups in total. The molecule has 114 valence electrons. The summed E-state index contributed by atoms with van der Waals surface area (Å²) in [5.74, 6) is 0.995. The highest BCUT2D eigenvalue weighted by Crippen LogP contribution is 2.36. The average molecular weight is 282 g/mol. The molecule has 1 aliphatic heterocycles. The molecule has 0 bridgehead atoms. The van der Waals surface area contributed by atoms with Gasteiger partial charge in [-0.25, -0.2) is 0 Å². The molecule has 2 aliphatic rings. The number of nitrogens with one attached hydrogen (secondary N) is 1. The van der Waals surface area contributed by atoms with E-state index < -0.39 is 6.04 Å². The van der Waals surface area contributed by atoms with Crippen molar-refractivity contribution in [1.29, 1.82) is 0 Å². The molecule has 1 heterocycles. The Balaban J connectivity index is 1.85. The van der Waals surface area contributed by atoms with Crippen molar-refractivity contribution in [2.75, 3.05) is 19.8 Å². The monoisotopic (exact) mass is 282 g/mol. The number of amides is 2. The van der Waals surface area contributed by atoms with Gasteiger partial charge in [-0.3, -0.25) is 9.59 Å². The molecule has 2 unspecified atom stereocenters. The van der Waals surface area contributed by atoms with E-state index in [1.807, 2.05) is 0 Å². The summed E-state index contributed by atoms with van der Waals surface area (Å²) in [6.07, 6.45) is 3.12. The van der Waals surface area contributed by atoms with Crippen molar-refractivity contribution in [2.45, 2.75) is 52.1 Å². The van der Waals surface area contributed by atoms with E-state index in [0.29, 0.717) is 25.0 Å². The van der Waals surface area contributed by atoms with E-state index >= 15 is 0 Å². The van der Waals surface area contributed by atoms with Crippen LogP contribution in [0, 0.1) is 11.8 Å². The van der Waals surface area contributed by atoms with E-state index in [-0.39, 0.29) is 17.9 Å². The molecular formula is C15H26N2O3. The largest absolute Gasteiger partial charge is 0.380 e. The van der Waals surface area contributed by atoms with Crippen molar-refractivity contribution >= 4 is 11.8 Å². The second kappa shape index (κ2) is 6.57. The van der Waals surface area contributed by atoms with E-state index in [9.17, 15) is 9.59 Å². The maximum absolute atomic E-state index is 12.2. The van der Waals surface area contributed by atoms with Gasteiger partial charge in [-0.05, 0) is 38.0 Å². The smallest absolute Gasteiger partial charge is 0.245 e. The van der Waals surface area contributed by atoms with Crippen LogP contribution in [-0.2, 0) is 14.3 Å². The van der Waals surface area contributed by atoms with Gasteiger partial charge >= 0.3 is 0 Å². The minimum absolute atomic E-state index is 0.00165. The zero-order chi connectivity index (χ0) is 14.7. The summed E-state index contributed by atoms with van der Waals surface area (Å²) in [7, 11) is 0. The van der Waals surface area contributed by atoms with E-state index in [1.165, 1.54) is 0 Å². The minimum Gasteiger partial charge on any atom is -0.380 e. The van der Waals surface area contributed by atoms with Crippen LogP contribution in [0.2, 0.25) is 0 Å². The zero-order valence-electron chi connectivity index (χ0n) is 12.7. The summed E-state index contributed by atoms with van der Waals surface area (Å²) in [6, 6.07) is -0.680. The topological polar surface area (TPSA) is 58.6 Å². The third kappa shape index (κ3) is 3.72. The number of ether oxygens (including phenoxy) is 1. The lowest BCUT2D eigenvalue weighted by atomic mass is 10.0. The fourth-order valence-electron chi connectivity index (χ4n) is 2.60. The molecule has 2 amide bonds. The lowest BCUT2D eigenvalue weighted by molar-refractivity contribution is -0.150. The molecule has 0 aromatic carbocycles. The predicted molar refractivity (Wildman–Crippen MR) is 76.1 cm³/mol. The highest BCUT2D eigenvalue weighted by molar-refractivity contribution is 5.97. The average Bonchev–Trinajstić information content (AvgIpc) is 3.18. The van der Waals surface area contributed by atoms with Crippen LogP contribution in [0.25, 0.3) is 0 Å². The predicted octanol–water partition coefficient (Wildman–Crippen LogP) is 1.17. The highest BCUT2D eigenvalue weighted by atomic mass is 16.5. The van der Waals surface area contributed by atoms with Gasteiger partial charge in [-0.2, -0.15) is 0 Å². The van der Waals surface area contributed by atoms with Crippen molar-refractivity contribution < 1.29 is 14.3 Å². The summed E-state index contributed by atoms with van der Waals surface area (Å²) in [6.45, 7) is 7.82. The summed E-state index contributed by atoms with van der Waals surface area (Å²) in [5, 5.41) is 2.78. The molecule has 5 heteroatoms. The summed E-state index contributed by atoms with van der Waals surface area (Å²) in [4.78, 5) is 26.0. The third-order valence-electron chi connectivity index (χ3n) is 4.00. The number of carbonyl (C=O) groups excluding carboxylic acids is 2. The van der Waals surface area contributed by atoms with E-state index in [4.69, 9.17) is 4.74 Å². The second-order valence-electron chi connectivity index (χ2n) is 6.34. The van der Waals surface area contributed by atoms with Crippen molar-refractivity contribution in [3.8, 4) is 0 Å². The van der Waals surface area contributed by atoms with Crippen LogP contribution in [0.1, 0.15) is 40.0 Å². The van der Waals surface area contributed by atoms with Crippen molar-refractivity contribution in [2.24, 2.45) is 11.8 Å². The Bertz CT molecular complexity index is 366. The maximum atomic E-state index is 12.2. The minimum atomic E-state index is -0.409. The summed E-state index contributed by atoms with van der Waals surface area (Å²) in [5.41, 5.74) is 0. The van der Waals surface area contributed by atoms with Crippen molar-refractivity contribution in [3.63, 3.8) is 0 Å². The van der Waals surface area contributed by atoms with Crippen LogP contribution in [0.5, 0.6) is 0 Å². The van der Waals surface area contributed by atoms with Gasteiger partial charge in [0.25, 0.3) is 0 Å². The van der Waals surface area contributed by atoms with Gasteiger partial charge in [0.15, 0.2) is 0 Å². The molecule has 2 fully saturated rings. The van der Waals surface area contributed by atoms with E-state index in [0.717, 1.165) is 25.9 Å². The molecule has 1 aliphatic carbocycles. The third-order valence-corrected chi connectivity index (χ3v) is 4.00. The Morgan fingerprint density at radius 3 is 2.60 bits per heavy atom. The summed E-state index contributed by atoms with van der Waals surface area (Å²) >= 11 is 0. The van der Waals surface area contributed by atoms with Gasteiger partial charge in [-0.1, -0.05) is 13.8 Å². The molecule has 5 nitrogen and oxygen atoms in total. The number of hydrogen-bond acceptors (Lipinski definition) is 3. The summed E-state index contributed by atoms with van der Waals surface area (Å²) < 4.78 is 5.59. The van der Waals surface area contributed by atoms with Crippen LogP contribution in [0.4, 0.5) is 0 Å². The fraction of sp³-hybridized carbons (Fsp3) is 0.867. The number of piperazine rings is 1. The van der Waals surface area contributed by atoms with Gasteiger partial charge in [0.1, 0.15) is 12.1 Å². The standard InChI is InChI=1S/C15H26N2O3/c1-10(2)6-8-20-9-7-17-13(12-4-5-12)14(18)16-11(3)15(17)19/h10-13H,4-9H2,1-3H3,(H,16,18). The van der Waals surface area contributed by atoms with Crippen molar-refractivity contribution in [1.82, 2.24) is 10.2 Å². The molecule has 2 atom stereocenters. The number of carbonyl (C=O) groups is 2. The molecule has 1 saturated heterocycles. The molecular weight excluding hydrogens is 256 g/mol. The first-order valence-electron chi connectivity index (χ1n) is 7.69. The first kappa shape index (κ1) is 15.3. The normalized spacial score (nSPS) is 27.1. The number of rotatable bonds is 7. The molecule has 0 radical (unpaired) electrons. The van der Waals surface area contributed by atoms with Gasteiger partial charge in [0.05, 0.1) is 6.61 Å². The number of hydrogen-bond donors (Lipinski definition) is 1. The van der Waals surface area contributed by atoms with Crippen LogP contribution in [0.15, 0.2) is 0 Å². The molecule has 20 heavy (non-hydrogen) atoms. The SMILES string of the molecule is CC(C)CCOCCN1C(=O)C(C)NC(=O)C1C1CC1. The van der Waals surface area contributed by atoms with Gasteiger partial charge in [0.2, 0.25) is 11.8 Å². The highest BCUT2D eigenvalue weighted by Gasteiger charge is 2.46. The fourth-order valence-corrected chi connectivity index (χ4v) is 2.60. The first-order chi connectivity index (χ1) is 9.50. The van der Waals surface area contributed by atoms with E-state index in [1.54, 1.807) is 11.8 Å². The van der Waals surface area contributed by atoms with Gasteiger partial charge < -0.3 is 15.0 Å². The Hall–Kier alpha value is -1.10. The van der Waals surface area contributed by atoms with Crippen LogP contribution in [-0.4, -0.2) is 48.6 Å². The van der Waals surface area contributed by atoms with Crippen LogP contribution in [0.3, 0.4) is 0 Å². The lowest BCUT2D eigenvalue weighted by Gasteiger charge is -2.38. The van der Waals surface area contributed by atoms with Gasteiger partial charge in [-0.15, -0.1) is 0 Å². The van der Waals surface area contributed by atoms with Crippen molar-refractivity contribution in [3.05, 3.63) is 0 Å². The second-order valence-corrected chi connectivity index (χ2v) is 6.34. The Morgan fingerprint density at radius 1 is 1.30 bits per heavy atom. The maximum Gasteiger partial charge on any atom is 0.245 e.